The Bertz CT molecular complexity index is 314. The predicted molar refractivity (Wildman–Crippen MR) is 75.2 cm³/mol. The summed E-state index contributed by atoms with van der Waals surface area (Å²) in [6.45, 7) is 4.10. The van der Waals surface area contributed by atoms with Crippen LogP contribution in [-0.4, -0.2) is 75.9 Å². The van der Waals surface area contributed by atoms with Gasteiger partial charge in [0.2, 0.25) is 0 Å². The molecular formula is C12H23NO6S. The van der Waals surface area contributed by atoms with Crippen molar-refractivity contribution in [3.8, 4) is 0 Å². The molecule has 0 aromatic heterocycles. The highest BCUT2D eigenvalue weighted by Crippen LogP contribution is 2.21. The summed E-state index contributed by atoms with van der Waals surface area (Å²) in [6, 6.07) is 0. The second kappa shape index (κ2) is 8.18. The van der Waals surface area contributed by atoms with Gasteiger partial charge in [0.1, 0.15) is 24.4 Å². The van der Waals surface area contributed by atoms with Crippen LogP contribution in [-0.2, 0) is 9.47 Å². The molecule has 0 amide bonds. The molecule has 8 heteroatoms. The van der Waals surface area contributed by atoms with Gasteiger partial charge in [-0.05, 0) is 0 Å². The fourth-order valence-corrected chi connectivity index (χ4v) is 1.86. The van der Waals surface area contributed by atoms with E-state index in [1.54, 1.807) is 0 Å². The number of rotatable bonds is 6. The summed E-state index contributed by atoms with van der Waals surface area (Å²) in [7, 11) is 0. The van der Waals surface area contributed by atoms with Crippen molar-refractivity contribution in [2.24, 2.45) is 5.92 Å². The molecule has 0 spiro atoms. The van der Waals surface area contributed by atoms with Crippen molar-refractivity contribution in [3.63, 3.8) is 0 Å². The molecule has 20 heavy (non-hydrogen) atoms. The van der Waals surface area contributed by atoms with Crippen molar-refractivity contribution < 1.29 is 29.9 Å². The lowest BCUT2D eigenvalue weighted by Gasteiger charge is -2.39. The molecule has 0 bridgehead atoms. The molecule has 0 aromatic rings. The third kappa shape index (κ3) is 4.59. The molecule has 5 atom stereocenters. The molecule has 1 saturated heterocycles. The molecule has 0 aromatic carbocycles. The van der Waals surface area contributed by atoms with Crippen LogP contribution in [0.5, 0.6) is 0 Å². The zero-order valence-corrected chi connectivity index (χ0v) is 12.4. The third-order valence-electron chi connectivity index (χ3n) is 3.06. The average Bonchev–Trinajstić information content (AvgIpc) is 2.42. The maximum absolute atomic E-state index is 9.73. The topological polar surface area (TPSA) is 111 Å². The minimum atomic E-state index is -1.42. The Morgan fingerprint density at radius 3 is 2.45 bits per heavy atom. The van der Waals surface area contributed by atoms with Crippen molar-refractivity contribution in [2.75, 3.05) is 19.8 Å². The fraction of sp³-hybridized carbons (Fsp3) is 0.917. The van der Waals surface area contributed by atoms with E-state index < -0.39 is 37.3 Å². The lowest BCUT2D eigenvalue weighted by atomic mass is 9.99. The number of ether oxygens (including phenoxy) is 2. The van der Waals surface area contributed by atoms with Gasteiger partial charge in [0, 0.05) is 12.5 Å². The van der Waals surface area contributed by atoms with Gasteiger partial charge in [-0.2, -0.15) is 0 Å². The summed E-state index contributed by atoms with van der Waals surface area (Å²) < 4.78 is 10.5. The normalized spacial score (nSPS) is 34.2. The Hall–Kier alpha value is -0.350. The smallest absolute Gasteiger partial charge is 0.186 e. The number of thiocarbonyl (C=S) groups is 1. The first-order chi connectivity index (χ1) is 9.38. The highest BCUT2D eigenvalue weighted by molar-refractivity contribution is 7.80. The van der Waals surface area contributed by atoms with Gasteiger partial charge in [-0.1, -0.05) is 26.1 Å². The van der Waals surface area contributed by atoms with Crippen LogP contribution >= 0.6 is 12.2 Å². The van der Waals surface area contributed by atoms with Crippen LogP contribution in [0.15, 0.2) is 0 Å². The summed E-state index contributed by atoms with van der Waals surface area (Å²) in [4.78, 5) is 0.711. The number of hydrogen-bond acceptors (Lipinski definition) is 7. The molecular weight excluding hydrogens is 286 g/mol. The molecule has 1 fully saturated rings. The van der Waals surface area contributed by atoms with Gasteiger partial charge in [-0.3, -0.25) is 0 Å². The first kappa shape index (κ1) is 17.7. The van der Waals surface area contributed by atoms with Crippen molar-refractivity contribution >= 4 is 17.2 Å². The Kier molecular flexibility index (Phi) is 7.24. The maximum atomic E-state index is 9.73. The van der Waals surface area contributed by atoms with E-state index >= 15 is 0 Å². The molecule has 0 saturated carbocycles. The molecule has 0 aliphatic carbocycles. The number of aliphatic hydroxyl groups excluding tert-OH is 4. The summed E-state index contributed by atoms with van der Waals surface area (Å²) in [5.74, 6) is 0.234. The summed E-state index contributed by atoms with van der Waals surface area (Å²) in [5.41, 5.74) is 0. The van der Waals surface area contributed by atoms with Crippen LogP contribution in [0.25, 0.3) is 0 Å². The van der Waals surface area contributed by atoms with Crippen LogP contribution < -0.4 is 5.32 Å². The van der Waals surface area contributed by atoms with Crippen LogP contribution in [0, 0.1) is 5.92 Å². The van der Waals surface area contributed by atoms with Gasteiger partial charge in [0.25, 0.3) is 0 Å². The first-order valence-corrected chi connectivity index (χ1v) is 6.99. The van der Waals surface area contributed by atoms with Gasteiger partial charge in [0.15, 0.2) is 6.29 Å². The minimum absolute atomic E-state index is 0.204. The van der Waals surface area contributed by atoms with E-state index in [-0.39, 0.29) is 12.5 Å². The molecule has 1 aliphatic heterocycles. The average molecular weight is 309 g/mol. The van der Waals surface area contributed by atoms with Gasteiger partial charge < -0.3 is 35.2 Å². The number of hydrogen-bond donors (Lipinski definition) is 5. The Balaban J connectivity index is 2.37. The summed E-state index contributed by atoms with van der Waals surface area (Å²) in [5, 5.41) is 40.9. The minimum Gasteiger partial charge on any atom is -0.394 e. The van der Waals surface area contributed by atoms with Gasteiger partial charge in [-0.15, -0.1) is 0 Å². The van der Waals surface area contributed by atoms with Crippen LogP contribution in [0.2, 0.25) is 0 Å². The van der Waals surface area contributed by atoms with Crippen LogP contribution in [0.1, 0.15) is 13.8 Å². The molecule has 3 unspecified atom stereocenters. The van der Waals surface area contributed by atoms with E-state index in [2.05, 4.69) is 5.32 Å². The molecule has 1 heterocycles. The third-order valence-corrected chi connectivity index (χ3v) is 3.67. The zero-order chi connectivity index (χ0) is 15.3. The largest absolute Gasteiger partial charge is 0.394 e. The summed E-state index contributed by atoms with van der Waals surface area (Å²) in [6.07, 6.45) is -6.22. The lowest BCUT2D eigenvalue weighted by molar-refractivity contribution is -0.300. The molecule has 0 radical (unpaired) electrons. The Morgan fingerprint density at radius 2 is 1.90 bits per heavy atom. The highest BCUT2D eigenvalue weighted by atomic mass is 32.1. The quantitative estimate of drug-likeness (QED) is 0.294. The molecule has 7 nitrogen and oxygen atoms in total. The molecule has 1 rings (SSSR count). The van der Waals surface area contributed by atoms with Crippen molar-refractivity contribution in [3.05, 3.63) is 0 Å². The van der Waals surface area contributed by atoms with Crippen LogP contribution in [0.3, 0.4) is 0 Å². The van der Waals surface area contributed by atoms with Crippen LogP contribution in [0.4, 0.5) is 0 Å². The van der Waals surface area contributed by atoms with E-state index in [0.717, 1.165) is 0 Å². The van der Waals surface area contributed by atoms with E-state index in [1.807, 2.05) is 13.8 Å². The molecule has 1 aliphatic rings. The van der Waals surface area contributed by atoms with Gasteiger partial charge in [-0.25, -0.2) is 0 Å². The second-order valence-electron chi connectivity index (χ2n) is 5.01. The second-order valence-corrected chi connectivity index (χ2v) is 5.45. The monoisotopic (exact) mass is 309 g/mol. The van der Waals surface area contributed by atoms with Crippen molar-refractivity contribution in [2.45, 2.75) is 44.6 Å². The SMILES string of the molecule is CC(C)C(=S)NCCO[C@H]1OC(CO)[C@@H](O)C(O)C1O. The van der Waals surface area contributed by atoms with E-state index in [1.165, 1.54) is 0 Å². The van der Waals surface area contributed by atoms with E-state index in [4.69, 9.17) is 26.8 Å². The standard InChI is InChI=1S/C12H23NO6S/c1-6(2)11(20)13-3-4-18-12-10(17)9(16)8(15)7(5-14)19-12/h6-10,12,14-17H,3-5H2,1-2H3,(H,13,20)/t7?,8-,9?,10?,12+/m1/s1. The van der Waals surface area contributed by atoms with Gasteiger partial charge >= 0.3 is 0 Å². The fourth-order valence-electron chi connectivity index (χ4n) is 1.76. The van der Waals surface area contributed by atoms with Crippen molar-refractivity contribution in [1.29, 1.82) is 0 Å². The van der Waals surface area contributed by atoms with E-state index in [9.17, 15) is 15.3 Å². The molecule has 118 valence electrons. The predicted octanol–water partition coefficient (Wildman–Crippen LogP) is -1.62. The lowest BCUT2D eigenvalue weighted by Crippen LogP contribution is -2.59. The highest BCUT2D eigenvalue weighted by Gasteiger charge is 2.43. The van der Waals surface area contributed by atoms with E-state index in [0.29, 0.717) is 11.5 Å². The Labute approximate surface area is 123 Å². The molecule has 5 N–H and O–H groups in total. The van der Waals surface area contributed by atoms with Gasteiger partial charge in [0.05, 0.1) is 18.2 Å². The number of nitrogens with one attached hydrogen (secondary N) is 1. The zero-order valence-electron chi connectivity index (χ0n) is 11.6. The van der Waals surface area contributed by atoms with Crippen molar-refractivity contribution in [1.82, 2.24) is 5.32 Å². The summed E-state index contributed by atoms with van der Waals surface area (Å²) >= 11 is 5.09. The first-order valence-electron chi connectivity index (χ1n) is 6.58. The Morgan fingerprint density at radius 1 is 1.25 bits per heavy atom. The number of aliphatic hydroxyl groups is 4. The maximum Gasteiger partial charge on any atom is 0.186 e.